The summed E-state index contributed by atoms with van der Waals surface area (Å²) in [5.74, 6) is 0.378. The third-order valence-electron chi connectivity index (χ3n) is 4.17. The average Bonchev–Trinajstić information content (AvgIpc) is 2.62. The van der Waals surface area contributed by atoms with E-state index in [1.165, 1.54) is 6.42 Å². The summed E-state index contributed by atoms with van der Waals surface area (Å²) in [7, 11) is 0. The second-order valence-electron chi connectivity index (χ2n) is 6.83. The lowest BCUT2D eigenvalue weighted by atomic mass is 9.63. The van der Waals surface area contributed by atoms with Gasteiger partial charge in [0.1, 0.15) is 0 Å². The predicted molar refractivity (Wildman–Crippen MR) is 76.9 cm³/mol. The summed E-state index contributed by atoms with van der Waals surface area (Å²) in [6, 6.07) is 0. The quantitative estimate of drug-likeness (QED) is 0.879. The van der Waals surface area contributed by atoms with Crippen LogP contribution in [0.3, 0.4) is 0 Å². The molecule has 2 rings (SSSR count). The van der Waals surface area contributed by atoms with E-state index in [1.54, 1.807) is 11.3 Å². The molecular formula is C15H25NOS. The van der Waals surface area contributed by atoms with Crippen LogP contribution in [0.1, 0.15) is 57.2 Å². The maximum atomic E-state index is 11.1. The minimum Gasteiger partial charge on any atom is -0.389 e. The Morgan fingerprint density at radius 2 is 2.17 bits per heavy atom. The highest BCUT2D eigenvalue weighted by Crippen LogP contribution is 2.46. The summed E-state index contributed by atoms with van der Waals surface area (Å²) >= 11 is 1.68. The molecule has 1 fully saturated rings. The molecule has 1 heterocycles. The van der Waals surface area contributed by atoms with E-state index in [0.29, 0.717) is 5.92 Å². The number of aliphatic hydroxyl groups is 1. The van der Waals surface area contributed by atoms with Gasteiger partial charge in [0.15, 0.2) is 0 Å². The normalized spacial score (nSPS) is 29.5. The van der Waals surface area contributed by atoms with E-state index >= 15 is 0 Å². The maximum absolute atomic E-state index is 11.1. The number of aryl methyl sites for hydroxylation is 1. The SMILES string of the molecule is Cc1csc(CC2(O)CCCCC2C(C)(C)C)n1. The first-order chi connectivity index (χ1) is 8.31. The number of aromatic nitrogens is 1. The topological polar surface area (TPSA) is 33.1 Å². The lowest BCUT2D eigenvalue weighted by Crippen LogP contribution is -2.48. The molecule has 2 unspecified atom stereocenters. The minimum atomic E-state index is -0.555. The zero-order chi connectivity index (χ0) is 13.4. The summed E-state index contributed by atoms with van der Waals surface area (Å²) in [5.41, 5.74) is 0.684. The molecule has 0 amide bonds. The number of hydrogen-bond acceptors (Lipinski definition) is 3. The minimum absolute atomic E-state index is 0.168. The van der Waals surface area contributed by atoms with Gasteiger partial charge >= 0.3 is 0 Å². The van der Waals surface area contributed by atoms with Crippen LogP contribution in [0.4, 0.5) is 0 Å². The van der Waals surface area contributed by atoms with Crippen molar-refractivity contribution in [2.45, 2.75) is 65.4 Å². The highest BCUT2D eigenvalue weighted by molar-refractivity contribution is 7.09. The van der Waals surface area contributed by atoms with Crippen LogP contribution < -0.4 is 0 Å². The van der Waals surface area contributed by atoms with E-state index in [2.05, 4.69) is 31.1 Å². The number of hydrogen-bond donors (Lipinski definition) is 1. The lowest BCUT2D eigenvalue weighted by Gasteiger charge is -2.46. The van der Waals surface area contributed by atoms with E-state index < -0.39 is 5.60 Å². The first kappa shape index (κ1) is 14.0. The Kier molecular flexibility index (Phi) is 3.84. The average molecular weight is 267 g/mol. The van der Waals surface area contributed by atoms with Gasteiger partial charge in [-0.15, -0.1) is 11.3 Å². The van der Waals surface area contributed by atoms with Gasteiger partial charge in [0.25, 0.3) is 0 Å². The van der Waals surface area contributed by atoms with Crippen molar-refractivity contribution < 1.29 is 5.11 Å². The van der Waals surface area contributed by atoms with Crippen molar-refractivity contribution in [3.05, 3.63) is 16.1 Å². The van der Waals surface area contributed by atoms with Gasteiger partial charge in [-0.25, -0.2) is 4.98 Å². The molecule has 0 bridgehead atoms. The van der Waals surface area contributed by atoms with E-state index in [0.717, 1.165) is 36.4 Å². The van der Waals surface area contributed by atoms with Gasteiger partial charge in [0.2, 0.25) is 0 Å². The summed E-state index contributed by atoms with van der Waals surface area (Å²) in [6.07, 6.45) is 5.19. The second-order valence-corrected chi connectivity index (χ2v) is 7.77. The highest BCUT2D eigenvalue weighted by atomic mass is 32.1. The Balaban J connectivity index is 2.20. The van der Waals surface area contributed by atoms with E-state index in [9.17, 15) is 5.11 Å². The van der Waals surface area contributed by atoms with Crippen molar-refractivity contribution in [1.82, 2.24) is 4.98 Å². The molecule has 1 aromatic heterocycles. The van der Waals surface area contributed by atoms with Gasteiger partial charge < -0.3 is 5.11 Å². The first-order valence-electron chi connectivity index (χ1n) is 6.95. The smallest absolute Gasteiger partial charge is 0.0956 e. The molecule has 3 heteroatoms. The third kappa shape index (κ3) is 2.94. The van der Waals surface area contributed by atoms with Crippen molar-refractivity contribution in [3.63, 3.8) is 0 Å². The van der Waals surface area contributed by atoms with Gasteiger partial charge in [-0.05, 0) is 31.1 Å². The zero-order valence-corrected chi connectivity index (χ0v) is 12.8. The molecular weight excluding hydrogens is 242 g/mol. The third-order valence-corrected chi connectivity index (χ3v) is 5.14. The standard InChI is InChI=1S/C15H25NOS/c1-11-10-18-13(16-11)9-15(17)8-6-5-7-12(15)14(2,3)4/h10,12,17H,5-9H2,1-4H3. The van der Waals surface area contributed by atoms with Crippen molar-refractivity contribution in [1.29, 1.82) is 0 Å². The first-order valence-corrected chi connectivity index (χ1v) is 7.83. The lowest BCUT2D eigenvalue weighted by molar-refractivity contribution is -0.0889. The monoisotopic (exact) mass is 267 g/mol. The Bertz CT molecular complexity index is 407. The summed E-state index contributed by atoms with van der Waals surface area (Å²) in [6.45, 7) is 8.77. The van der Waals surface area contributed by atoms with Crippen LogP contribution in [-0.4, -0.2) is 15.7 Å². The summed E-state index contributed by atoms with van der Waals surface area (Å²) in [5, 5.41) is 14.3. The number of nitrogens with zero attached hydrogens (tertiary/aromatic N) is 1. The molecule has 0 saturated heterocycles. The molecule has 1 saturated carbocycles. The molecule has 1 N–H and O–H groups in total. The van der Waals surface area contributed by atoms with Crippen LogP contribution in [0.2, 0.25) is 0 Å². The largest absolute Gasteiger partial charge is 0.389 e. The van der Waals surface area contributed by atoms with Crippen LogP contribution in [0.15, 0.2) is 5.38 Å². The molecule has 1 aromatic rings. The Morgan fingerprint density at radius 1 is 1.44 bits per heavy atom. The molecule has 1 aliphatic rings. The molecule has 0 aromatic carbocycles. The van der Waals surface area contributed by atoms with Gasteiger partial charge in [-0.2, -0.15) is 0 Å². The van der Waals surface area contributed by atoms with Gasteiger partial charge in [0, 0.05) is 17.5 Å². The van der Waals surface area contributed by atoms with Crippen LogP contribution in [0, 0.1) is 18.3 Å². The van der Waals surface area contributed by atoms with Gasteiger partial charge in [-0.1, -0.05) is 33.6 Å². The Labute approximate surface area is 114 Å². The highest BCUT2D eigenvalue weighted by Gasteiger charge is 2.45. The molecule has 2 atom stereocenters. The second kappa shape index (κ2) is 4.93. The van der Waals surface area contributed by atoms with Crippen molar-refractivity contribution in [2.75, 3.05) is 0 Å². The van der Waals surface area contributed by atoms with Crippen LogP contribution in [0.5, 0.6) is 0 Å². The molecule has 102 valence electrons. The van der Waals surface area contributed by atoms with E-state index in [1.807, 2.05) is 6.92 Å². The number of rotatable bonds is 2. The predicted octanol–water partition coefficient (Wildman–Crippen LogP) is 3.96. The fourth-order valence-electron chi connectivity index (χ4n) is 3.42. The Hall–Kier alpha value is -0.410. The van der Waals surface area contributed by atoms with Crippen LogP contribution in [0.25, 0.3) is 0 Å². The summed E-state index contributed by atoms with van der Waals surface area (Å²) in [4.78, 5) is 4.53. The summed E-state index contributed by atoms with van der Waals surface area (Å²) < 4.78 is 0. The molecule has 0 radical (unpaired) electrons. The van der Waals surface area contributed by atoms with Crippen molar-refractivity contribution >= 4 is 11.3 Å². The molecule has 18 heavy (non-hydrogen) atoms. The zero-order valence-electron chi connectivity index (χ0n) is 12.0. The van der Waals surface area contributed by atoms with Crippen molar-refractivity contribution in [3.8, 4) is 0 Å². The van der Waals surface area contributed by atoms with Crippen LogP contribution >= 0.6 is 11.3 Å². The molecule has 2 nitrogen and oxygen atoms in total. The number of thiazole rings is 1. The van der Waals surface area contributed by atoms with Gasteiger partial charge in [0.05, 0.1) is 10.6 Å². The fraction of sp³-hybridized carbons (Fsp3) is 0.800. The molecule has 0 aliphatic heterocycles. The van der Waals surface area contributed by atoms with E-state index in [4.69, 9.17) is 0 Å². The van der Waals surface area contributed by atoms with E-state index in [-0.39, 0.29) is 5.41 Å². The van der Waals surface area contributed by atoms with Crippen molar-refractivity contribution in [2.24, 2.45) is 11.3 Å². The molecule has 1 aliphatic carbocycles. The fourth-order valence-corrected chi connectivity index (χ4v) is 4.31. The maximum Gasteiger partial charge on any atom is 0.0956 e. The Morgan fingerprint density at radius 3 is 2.72 bits per heavy atom. The van der Waals surface area contributed by atoms with Gasteiger partial charge in [-0.3, -0.25) is 0 Å². The molecule has 0 spiro atoms. The van der Waals surface area contributed by atoms with Crippen LogP contribution in [-0.2, 0) is 6.42 Å².